The maximum absolute atomic E-state index is 9.91. The van der Waals surface area contributed by atoms with E-state index in [1.165, 1.54) is 37.0 Å². The molecule has 0 saturated heterocycles. The van der Waals surface area contributed by atoms with Crippen molar-refractivity contribution in [1.82, 2.24) is 20.3 Å². The molecule has 1 unspecified atom stereocenters. The van der Waals surface area contributed by atoms with E-state index in [9.17, 15) is 10.4 Å². The van der Waals surface area contributed by atoms with Crippen LogP contribution in [0.2, 0.25) is 0 Å². The van der Waals surface area contributed by atoms with Gasteiger partial charge in [-0.05, 0) is 93.3 Å². The van der Waals surface area contributed by atoms with Crippen molar-refractivity contribution in [3.63, 3.8) is 0 Å². The average molecular weight is 534 g/mol. The van der Waals surface area contributed by atoms with Crippen LogP contribution in [0, 0.1) is 34.5 Å². The van der Waals surface area contributed by atoms with Crippen molar-refractivity contribution in [3.05, 3.63) is 35.8 Å². The lowest BCUT2D eigenvalue weighted by molar-refractivity contribution is -0.0737. The molecule has 0 aromatic carbocycles. The van der Waals surface area contributed by atoms with Gasteiger partial charge >= 0.3 is 0 Å². The Labute approximate surface area is 229 Å². The van der Waals surface area contributed by atoms with Crippen LogP contribution >= 0.6 is 11.8 Å². The van der Waals surface area contributed by atoms with E-state index >= 15 is 0 Å². The molecule has 202 valence electrons. The lowest BCUT2D eigenvalue weighted by atomic mass is 9.47. The van der Waals surface area contributed by atoms with Gasteiger partial charge in [0.05, 0.1) is 12.3 Å². The highest BCUT2D eigenvalue weighted by Gasteiger charge is 2.55. The predicted octanol–water partition coefficient (Wildman–Crippen LogP) is 4.58. The number of hydrogen-bond acceptors (Lipinski definition) is 9. The highest BCUT2D eigenvalue weighted by atomic mass is 32.2. The molecule has 7 rings (SSSR count). The first kappa shape index (κ1) is 25.8. The van der Waals surface area contributed by atoms with E-state index in [0.717, 1.165) is 55.5 Å². The molecule has 0 radical (unpaired) electrons. The molecule has 5 atom stereocenters. The van der Waals surface area contributed by atoms with E-state index in [0.29, 0.717) is 36.0 Å². The summed E-state index contributed by atoms with van der Waals surface area (Å²) in [6.45, 7) is 1.45. The molecular formula is C29H39N7OS. The predicted molar refractivity (Wildman–Crippen MR) is 150 cm³/mol. The molecule has 5 aliphatic rings. The molecule has 9 heteroatoms. The molecule has 5 saturated carbocycles. The number of aromatic nitrogens is 3. The number of rotatable bonds is 9. The summed E-state index contributed by atoms with van der Waals surface area (Å²) in [7, 11) is 0. The molecule has 5 fully saturated rings. The summed E-state index contributed by atoms with van der Waals surface area (Å²) in [6, 6.07) is 5.48. The number of aliphatic hydroxyl groups excluding tert-OH is 1. The standard InChI is InChI=1S/C29H39N7OS/c1-38-25-6-7-31-14-22(25)16-33-28-32-15-21(13-30)27(36-28)34-17-29-10-18-8-19(11-29)26(20(9-18)12-29)35-23-2-4-24(37)5-3-23/h6-7,14-15,18-20,23-24,26,35,37H,2-5,8-12,16-17H2,1H3,(H2,32,33,34,36)/t18?,19-,20+,23?,24?,26-,29-. The fourth-order valence-electron chi connectivity index (χ4n) is 8.07. The van der Waals surface area contributed by atoms with Gasteiger partial charge in [0.1, 0.15) is 17.5 Å². The Morgan fingerprint density at radius 1 is 1.11 bits per heavy atom. The van der Waals surface area contributed by atoms with Crippen LogP contribution in [0.3, 0.4) is 0 Å². The van der Waals surface area contributed by atoms with Crippen molar-refractivity contribution in [2.75, 3.05) is 23.4 Å². The van der Waals surface area contributed by atoms with Crippen molar-refractivity contribution in [2.45, 2.75) is 87.4 Å². The summed E-state index contributed by atoms with van der Waals surface area (Å²) in [4.78, 5) is 14.5. The average Bonchev–Trinajstić information content (AvgIpc) is 2.93. The van der Waals surface area contributed by atoms with Crippen LogP contribution in [0.4, 0.5) is 11.8 Å². The number of aliphatic hydroxyl groups is 1. The summed E-state index contributed by atoms with van der Waals surface area (Å²) in [5.41, 5.74) is 1.88. The quantitative estimate of drug-likeness (QED) is 0.344. The van der Waals surface area contributed by atoms with Crippen LogP contribution in [0.1, 0.15) is 68.9 Å². The minimum Gasteiger partial charge on any atom is -0.393 e. The van der Waals surface area contributed by atoms with E-state index in [1.807, 2.05) is 12.3 Å². The Kier molecular flexibility index (Phi) is 7.48. The van der Waals surface area contributed by atoms with Gasteiger partial charge in [-0.1, -0.05) is 0 Å². The van der Waals surface area contributed by atoms with Crippen LogP contribution < -0.4 is 16.0 Å². The van der Waals surface area contributed by atoms with E-state index in [4.69, 9.17) is 4.98 Å². The minimum absolute atomic E-state index is 0.0973. The van der Waals surface area contributed by atoms with Gasteiger partial charge in [0, 0.05) is 48.0 Å². The lowest BCUT2D eigenvalue weighted by Gasteiger charge is -2.61. The number of thioether (sulfide) groups is 1. The van der Waals surface area contributed by atoms with Crippen LogP contribution in [-0.2, 0) is 6.54 Å². The van der Waals surface area contributed by atoms with Gasteiger partial charge < -0.3 is 21.1 Å². The summed E-state index contributed by atoms with van der Waals surface area (Å²) in [5.74, 6) is 3.45. The highest BCUT2D eigenvalue weighted by Crippen LogP contribution is 2.60. The topological polar surface area (TPSA) is 119 Å². The number of nitriles is 1. The smallest absolute Gasteiger partial charge is 0.224 e. The van der Waals surface area contributed by atoms with Gasteiger partial charge in [0.15, 0.2) is 0 Å². The third-order valence-corrected chi connectivity index (χ3v) is 10.4. The summed E-state index contributed by atoms with van der Waals surface area (Å²) >= 11 is 1.69. The third-order valence-electron chi connectivity index (χ3n) is 9.58. The molecule has 2 heterocycles. The Bertz CT molecular complexity index is 1160. The molecule has 0 aliphatic heterocycles. The molecule has 4 N–H and O–H groups in total. The Balaban J connectivity index is 1.10. The minimum atomic E-state index is -0.0973. The number of hydrogen-bond donors (Lipinski definition) is 4. The van der Waals surface area contributed by atoms with Crippen molar-refractivity contribution in [1.29, 1.82) is 5.26 Å². The SMILES string of the molecule is CSc1ccncc1CNc1ncc(C#N)c(NC[C@]23CC4C[C@H](C2)[C@@H](NC2CCC(O)CC2)[C@@H](C4)C3)n1. The molecule has 0 amide bonds. The third kappa shape index (κ3) is 5.36. The molecule has 8 nitrogen and oxygen atoms in total. The zero-order valence-corrected chi connectivity index (χ0v) is 23.0. The Morgan fingerprint density at radius 3 is 2.63 bits per heavy atom. The van der Waals surface area contributed by atoms with E-state index < -0.39 is 0 Å². The van der Waals surface area contributed by atoms with Crippen molar-refractivity contribution < 1.29 is 5.11 Å². The summed E-state index contributed by atoms with van der Waals surface area (Å²) in [5, 5.41) is 30.6. The molecule has 0 spiro atoms. The summed E-state index contributed by atoms with van der Waals surface area (Å²) in [6.07, 6.45) is 17.8. The highest BCUT2D eigenvalue weighted by molar-refractivity contribution is 7.98. The first-order valence-corrected chi connectivity index (χ1v) is 15.4. The maximum Gasteiger partial charge on any atom is 0.224 e. The molecule has 4 bridgehead atoms. The van der Waals surface area contributed by atoms with Gasteiger partial charge in [0.25, 0.3) is 0 Å². The molecule has 2 aromatic heterocycles. The fourth-order valence-corrected chi connectivity index (χ4v) is 8.66. The van der Waals surface area contributed by atoms with Crippen LogP contribution in [0.5, 0.6) is 0 Å². The number of nitrogens with one attached hydrogen (secondary N) is 3. The number of nitrogens with zero attached hydrogens (tertiary/aromatic N) is 4. The van der Waals surface area contributed by atoms with Gasteiger partial charge in [-0.3, -0.25) is 4.98 Å². The first-order valence-electron chi connectivity index (χ1n) is 14.2. The van der Waals surface area contributed by atoms with Crippen LogP contribution in [0.15, 0.2) is 29.6 Å². The van der Waals surface area contributed by atoms with E-state index in [1.54, 1.807) is 24.2 Å². The number of pyridine rings is 1. The fraction of sp³-hybridized carbons (Fsp3) is 0.655. The molecular weight excluding hydrogens is 494 g/mol. The van der Waals surface area contributed by atoms with Crippen molar-refractivity contribution in [2.24, 2.45) is 23.2 Å². The second-order valence-electron chi connectivity index (χ2n) is 12.1. The largest absolute Gasteiger partial charge is 0.393 e. The Hall–Kier alpha value is -2.41. The van der Waals surface area contributed by atoms with E-state index in [-0.39, 0.29) is 11.5 Å². The van der Waals surface area contributed by atoms with Gasteiger partial charge in [0.2, 0.25) is 5.95 Å². The molecule has 38 heavy (non-hydrogen) atoms. The molecule has 2 aromatic rings. The zero-order chi connectivity index (χ0) is 26.1. The monoisotopic (exact) mass is 533 g/mol. The van der Waals surface area contributed by atoms with Gasteiger partial charge in [-0.15, -0.1) is 11.8 Å². The molecule has 5 aliphatic carbocycles. The summed E-state index contributed by atoms with van der Waals surface area (Å²) < 4.78 is 0. The normalized spacial score (nSPS) is 33.6. The number of anilines is 2. The van der Waals surface area contributed by atoms with Gasteiger partial charge in [-0.2, -0.15) is 10.2 Å². The first-order chi connectivity index (χ1) is 18.5. The van der Waals surface area contributed by atoms with Crippen LogP contribution in [0.25, 0.3) is 0 Å². The van der Waals surface area contributed by atoms with Crippen molar-refractivity contribution in [3.8, 4) is 6.07 Å². The van der Waals surface area contributed by atoms with E-state index in [2.05, 4.69) is 38.2 Å². The zero-order valence-electron chi connectivity index (χ0n) is 22.2. The van der Waals surface area contributed by atoms with Gasteiger partial charge in [-0.25, -0.2) is 4.98 Å². The Morgan fingerprint density at radius 2 is 1.89 bits per heavy atom. The van der Waals surface area contributed by atoms with Crippen molar-refractivity contribution >= 4 is 23.5 Å². The second-order valence-corrected chi connectivity index (χ2v) is 13.0. The second kappa shape index (κ2) is 11.0. The maximum atomic E-state index is 9.91. The lowest BCUT2D eigenvalue weighted by Crippen LogP contribution is -2.61. The van der Waals surface area contributed by atoms with Crippen LogP contribution in [-0.4, -0.2) is 51.0 Å².